The zero-order valence-corrected chi connectivity index (χ0v) is 11.7. The molecule has 0 spiro atoms. The van der Waals surface area contributed by atoms with E-state index in [1.54, 1.807) is 23.2 Å². The molecular weight excluding hydrogens is 321 g/mol. The Balaban J connectivity index is 2.56. The standard InChI is InChI=1S/C12H7Cl2N3O4/c13-7-3-1-2-6(9(7)14)4-5-8-10(17(20)21)11(18)16-12(19)15-8/h1-5H,(H2,15,16,18,19)/b5-4-. The van der Waals surface area contributed by atoms with Crippen molar-refractivity contribution in [2.75, 3.05) is 0 Å². The summed E-state index contributed by atoms with van der Waals surface area (Å²) in [7, 11) is 0. The Morgan fingerprint density at radius 2 is 1.86 bits per heavy atom. The van der Waals surface area contributed by atoms with Gasteiger partial charge < -0.3 is 4.98 Å². The summed E-state index contributed by atoms with van der Waals surface area (Å²) in [5.74, 6) is 0. The van der Waals surface area contributed by atoms with Crippen LogP contribution in [-0.4, -0.2) is 14.9 Å². The Bertz CT molecular complexity index is 854. The number of rotatable bonds is 3. The van der Waals surface area contributed by atoms with E-state index in [0.29, 0.717) is 10.6 Å². The van der Waals surface area contributed by atoms with Crippen LogP contribution in [0.15, 0.2) is 27.8 Å². The maximum absolute atomic E-state index is 11.4. The molecule has 2 rings (SSSR count). The van der Waals surface area contributed by atoms with Gasteiger partial charge in [-0.25, -0.2) is 4.79 Å². The maximum Gasteiger partial charge on any atom is 0.357 e. The van der Waals surface area contributed by atoms with Crippen LogP contribution in [0.4, 0.5) is 5.69 Å². The molecule has 0 radical (unpaired) electrons. The monoisotopic (exact) mass is 327 g/mol. The lowest BCUT2D eigenvalue weighted by atomic mass is 10.2. The highest BCUT2D eigenvalue weighted by atomic mass is 35.5. The Labute approximate surface area is 127 Å². The summed E-state index contributed by atoms with van der Waals surface area (Å²) >= 11 is 11.8. The molecule has 108 valence electrons. The molecule has 1 heterocycles. The second-order valence-corrected chi connectivity index (χ2v) is 4.69. The predicted molar refractivity (Wildman–Crippen MR) is 79.7 cm³/mol. The van der Waals surface area contributed by atoms with Gasteiger partial charge in [-0.1, -0.05) is 41.4 Å². The molecule has 0 aliphatic rings. The average molecular weight is 328 g/mol. The number of nitrogens with one attached hydrogen (secondary N) is 2. The van der Waals surface area contributed by atoms with E-state index in [-0.39, 0.29) is 10.7 Å². The van der Waals surface area contributed by atoms with Crippen LogP contribution in [-0.2, 0) is 0 Å². The molecule has 9 heteroatoms. The van der Waals surface area contributed by atoms with Crippen LogP contribution in [0, 0.1) is 10.1 Å². The minimum Gasteiger partial charge on any atom is -0.301 e. The van der Waals surface area contributed by atoms with Crippen molar-refractivity contribution in [3.05, 3.63) is 70.5 Å². The number of aromatic amines is 2. The van der Waals surface area contributed by atoms with Crippen LogP contribution in [0.5, 0.6) is 0 Å². The molecule has 0 bridgehead atoms. The average Bonchev–Trinajstić information content (AvgIpc) is 2.39. The van der Waals surface area contributed by atoms with Gasteiger partial charge in [-0.15, -0.1) is 0 Å². The van der Waals surface area contributed by atoms with E-state index in [2.05, 4.69) is 4.98 Å². The molecule has 2 N–H and O–H groups in total. The Morgan fingerprint density at radius 1 is 1.14 bits per heavy atom. The maximum atomic E-state index is 11.4. The first-order chi connectivity index (χ1) is 9.90. The van der Waals surface area contributed by atoms with Gasteiger partial charge in [0, 0.05) is 0 Å². The van der Waals surface area contributed by atoms with Gasteiger partial charge in [-0.05, 0) is 17.7 Å². The first kappa shape index (κ1) is 15.0. The first-order valence-electron chi connectivity index (χ1n) is 5.53. The highest BCUT2D eigenvalue weighted by Gasteiger charge is 2.18. The first-order valence-corrected chi connectivity index (χ1v) is 6.29. The van der Waals surface area contributed by atoms with Crippen LogP contribution < -0.4 is 11.2 Å². The van der Waals surface area contributed by atoms with Gasteiger partial charge in [0.15, 0.2) is 0 Å². The van der Waals surface area contributed by atoms with Gasteiger partial charge in [0.2, 0.25) is 0 Å². The van der Waals surface area contributed by atoms with Crippen molar-refractivity contribution in [3.63, 3.8) is 0 Å². The van der Waals surface area contributed by atoms with Crippen LogP contribution in [0.25, 0.3) is 12.2 Å². The number of benzene rings is 1. The lowest BCUT2D eigenvalue weighted by Gasteiger charge is -2.00. The summed E-state index contributed by atoms with van der Waals surface area (Å²) < 4.78 is 0. The van der Waals surface area contributed by atoms with Crippen LogP contribution in [0.1, 0.15) is 11.3 Å². The minimum absolute atomic E-state index is 0.232. The van der Waals surface area contributed by atoms with Crippen molar-refractivity contribution in [3.8, 4) is 0 Å². The van der Waals surface area contributed by atoms with Gasteiger partial charge in [-0.3, -0.25) is 19.9 Å². The van der Waals surface area contributed by atoms with E-state index in [1.165, 1.54) is 12.2 Å². The Morgan fingerprint density at radius 3 is 2.52 bits per heavy atom. The highest BCUT2D eigenvalue weighted by molar-refractivity contribution is 6.42. The fraction of sp³-hybridized carbons (Fsp3) is 0. The number of nitro groups is 1. The zero-order valence-electron chi connectivity index (χ0n) is 10.2. The number of hydrogen-bond acceptors (Lipinski definition) is 4. The summed E-state index contributed by atoms with van der Waals surface area (Å²) in [4.78, 5) is 36.6. The highest BCUT2D eigenvalue weighted by Crippen LogP contribution is 2.27. The topological polar surface area (TPSA) is 109 Å². The zero-order chi connectivity index (χ0) is 15.6. The van der Waals surface area contributed by atoms with Gasteiger partial charge in [-0.2, -0.15) is 0 Å². The van der Waals surface area contributed by atoms with E-state index in [0.717, 1.165) is 0 Å². The van der Waals surface area contributed by atoms with Gasteiger partial charge in [0.25, 0.3) is 0 Å². The Hall–Kier alpha value is -2.38. The predicted octanol–water partition coefficient (Wildman–Crippen LogP) is 2.45. The summed E-state index contributed by atoms with van der Waals surface area (Å²) in [6, 6.07) is 4.85. The van der Waals surface area contributed by atoms with Crippen molar-refractivity contribution in [1.82, 2.24) is 9.97 Å². The molecule has 0 aliphatic heterocycles. The lowest BCUT2D eigenvalue weighted by molar-refractivity contribution is -0.386. The summed E-state index contributed by atoms with van der Waals surface area (Å²) in [6.07, 6.45) is 2.62. The molecule has 0 saturated heterocycles. The van der Waals surface area contributed by atoms with Gasteiger partial charge >= 0.3 is 16.9 Å². The van der Waals surface area contributed by atoms with E-state index >= 15 is 0 Å². The van der Waals surface area contributed by atoms with Crippen molar-refractivity contribution < 1.29 is 4.92 Å². The fourth-order valence-electron chi connectivity index (χ4n) is 1.62. The quantitative estimate of drug-likeness (QED) is 0.666. The number of halogens is 2. The second kappa shape index (κ2) is 5.94. The minimum atomic E-state index is -1.08. The third-order valence-electron chi connectivity index (χ3n) is 2.54. The van der Waals surface area contributed by atoms with Gasteiger partial charge in [0.1, 0.15) is 5.69 Å². The van der Waals surface area contributed by atoms with E-state index in [1.807, 2.05) is 0 Å². The molecular formula is C12H7Cl2N3O4. The molecule has 21 heavy (non-hydrogen) atoms. The van der Waals surface area contributed by atoms with Crippen molar-refractivity contribution in [2.24, 2.45) is 0 Å². The van der Waals surface area contributed by atoms with E-state index in [9.17, 15) is 19.7 Å². The molecule has 1 aromatic carbocycles. The van der Waals surface area contributed by atoms with Crippen molar-refractivity contribution in [1.29, 1.82) is 0 Å². The molecule has 0 atom stereocenters. The summed E-state index contributed by atoms with van der Waals surface area (Å²) in [5.41, 5.74) is -2.43. The fourth-order valence-corrected chi connectivity index (χ4v) is 1.99. The molecule has 0 saturated carbocycles. The normalized spacial score (nSPS) is 11.0. The number of H-pyrrole nitrogens is 2. The van der Waals surface area contributed by atoms with Crippen LogP contribution >= 0.6 is 23.2 Å². The Kier molecular flexibility index (Phi) is 4.25. The molecule has 7 nitrogen and oxygen atoms in total. The number of aromatic nitrogens is 2. The lowest BCUT2D eigenvalue weighted by Crippen LogP contribution is -2.25. The molecule has 0 unspecified atom stereocenters. The molecule has 0 amide bonds. The molecule has 0 aliphatic carbocycles. The van der Waals surface area contributed by atoms with Gasteiger partial charge in [0.05, 0.1) is 15.0 Å². The van der Waals surface area contributed by atoms with Crippen molar-refractivity contribution in [2.45, 2.75) is 0 Å². The number of nitrogens with zero attached hydrogens (tertiary/aromatic N) is 1. The van der Waals surface area contributed by atoms with E-state index in [4.69, 9.17) is 23.2 Å². The molecule has 2 aromatic rings. The largest absolute Gasteiger partial charge is 0.357 e. The summed E-state index contributed by atoms with van der Waals surface area (Å²) in [5, 5.41) is 11.4. The smallest absolute Gasteiger partial charge is 0.301 e. The SMILES string of the molecule is O=c1[nH]c(/C=C\c2cccc(Cl)c2Cl)c([N+](=O)[O-])c(=O)[nH]1. The van der Waals surface area contributed by atoms with Crippen molar-refractivity contribution >= 4 is 41.0 Å². The third kappa shape index (κ3) is 3.21. The second-order valence-electron chi connectivity index (χ2n) is 3.90. The third-order valence-corrected chi connectivity index (χ3v) is 3.37. The molecule has 1 aromatic heterocycles. The van der Waals surface area contributed by atoms with Crippen LogP contribution in [0.2, 0.25) is 10.0 Å². The van der Waals surface area contributed by atoms with E-state index < -0.39 is 21.9 Å². The summed E-state index contributed by atoms with van der Waals surface area (Å²) in [6.45, 7) is 0. The number of hydrogen-bond donors (Lipinski definition) is 2. The van der Waals surface area contributed by atoms with Crippen LogP contribution in [0.3, 0.4) is 0 Å². The molecule has 0 fully saturated rings.